The predicted octanol–water partition coefficient (Wildman–Crippen LogP) is 2.22. The molecule has 0 heterocycles. The topological polar surface area (TPSA) is 26.3 Å². The van der Waals surface area contributed by atoms with Crippen molar-refractivity contribution in [2.45, 2.75) is 6.42 Å². The molecule has 3 heteroatoms. The van der Waals surface area contributed by atoms with Crippen molar-refractivity contribution >= 4 is 18.1 Å². The zero-order chi connectivity index (χ0) is 8.81. The highest BCUT2D eigenvalue weighted by atomic mass is 35.5. The molecule has 0 saturated heterocycles. The average molecular weight is 184 g/mol. The minimum Gasteiger partial charge on any atom is -0.460 e. The molecule has 0 amide bonds. The van der Waals surface area contributed by atoms with Crippen molar-refractivity contribution in [3.8, 4) is 0 Å². The van der Waals surface area contributed by atoms with E-state index >= 15 is 0 Å². The van der Waals surface area contributed by atoms with E-state index < -0.39 is 0 Å². The second-order valence-corrected chi connectivity index (χ2v) is 2.60. The maximum atomic E-state index is 9.79. The zero-order valence-corrected chi connectivity index (χ0v) is 7.12. The lowest BCUT2D eigenvalue weighted by Crippen LogP contribution is -1.90. The highest BCUT2D eigenvalue weighted by Crippen LogP contribution is 2.15. The van der Waals surface area contributed by atoms with Crippen molar-refractivity contribution in [2.24, 2.45) is 0 Å². The van der Waals surface area contributed by atoms with Crippen LogP contribution in [0, 0.1) is 6.61 Å². The van der Waals surface area contributed by atoms with Crippen molar-refractivity contribution in [3.63, 3.8) is 0 Å². The maximum absolute atomic E-state index is 9.79. The minimum atomic E-state index is 0.386. The molecule has 0 bridgehead atoms. The molecule has 0 N–H and O–H groups in total. The molecule has 0 aliphatic carbocycles. The van der Waals surface area contributed by atoms with Crippen LogP contribution < -0.4 is 0 Å². The fraction of sp³-hybridized carbons (Fsp3) is 0.111. The Morgan fingerprint density at radius 1 is 1.42 bits per heavy atom. The van der Waals surface area contributed by atoms with E-state index in [2.05, 4.69) is 4.74 Å². The number of rotatable bonds is 4. The highest BCUT2D eigenvalue weighted by molar-refractivity contribution is 6.31. The van der Waals surface area contributed by atoms with Crippen LogP contribution in [0.1, 0.15) is 5.56 Å². The number of carbonyl (C=O) groups excluding carboxylic acids is 1. The van der Waals surface area contributed by atoms with Crippen LogP contribution in [0.3, 0.4) is 0 Å². The average Bonchev–Trinajstić information content (AvgIpc) is 2.09. The third kappa shape index (κ3) is 2.55. The molecule has 0 aromatic heterocycles. The molecule has 12 heavy (non-hydrogen) atoms. The zero-order valence-electron chi connectivity index (χ0n) is 6.37. The van der Waals surface area contributed by atoms with E-state index in [0.29, 0.717) is 17.9 Å². The third-order valence-electron chi connectivity index (χ3n) is 1.41. The SMILES string of the molecule is O=CO[CH]Cc1ccccc1Cl. The smallest absolute Gasteiger partial charge is 0.293 e. The lowest BCUT2D eigenvalue weighted by Gasteiger charge is -2.00. The summed E-state index contributed by atoms with van der Waals surface area (Å²) in [6, 6.07) is 7.42. The van der Waals surface area contributed by atoms with Gasteiger partial charge in [0.2, 0.25) is 0 Å². The molecular weight excluding hydrogens is 176 g/mol. The predicted molar refractivity (Wildman–Crippen MR) is 46.6 cm³/mol. The summed E-state index contributed by atoms with van der Waals surface area (Å²) in [5.74, 6) is 0. The summed E-state index contributed by atoms with van der Waals surface area (Å²) in [5.41, 5.74) is 0.945. The minimum absolute atomic E-state index is 0.386. The molecule has 1 aromatic rings. The Morgan fingerprint density at radius 3 is 2.83 bits per heavy atom. The number of hydrogen-bond donors (Lipinski definition) is 0. The van der Waals surface area contributed by atoms with Gasteiger partial charge in [-0.1, -0.05) is 29.8 Å². The molecule has 0 spiro atoms. The summed E-state index contributed by atoms with van der Waals surface area (Å²) in [7, 11) is 0. The maximum Gasteiger partial charge on any atom is 0.293 e. The number of carbonyl (C=O) groups is 1. The molecule has 1 aromatic carbocycles. The lowest BCUT2D eigenvalue weighted by molar-refractivity contribution is -0.125. The van der Waals surface area contributed by atoms with Crippen molar-refractivity contribution in [3.05, 3.63) is 41.5 Å². The van der Waals surface area contributed by atoms with Crippen LogP contribution in [-0.2, 0) is 16.0 Å². The van der Waals surface area contributed by atoms with Gasteiger partial charge in [0.05, 0.1) is 0 Å². The first kappa shape index (κ1) is 9.07. The quantitative estimate of drug-likeness (QED) is 0.529. The molecule has 0 aliphatic heterocycles. The van der Waals surface area contributed by atoms with Crippen molar-refractivity contribution < 1.29 is 9.53 Å². The highest BCUT2D eigenvalue weighted by Gasteiger charge is 1.98. The summed E-state index contributed by atoms with van der Waals surface area (Å²) < 4.78 is 4.43. The van der Waals surface area contributed by atoms with Crippen LogP contribution in [0.5, 0.6) is 0 Å². The molecule has 0 saturated carbocycles. The third-order valence-corrected chi connectivity index (χ3v) is 1.78. The van der Waals surface area contributed by atoms with Crippen LogP contribution in [0.25, 0.3) is 0 Å². The van der Waals surface area contributed by atoms with Crippen LogP contribution in [-0.4, -0.2) is 6.47 Å². The molecule has 0 fully saturated rings. The van der Waals surface area contributed by atoms with Crippen molar-refractivity contribution in [2.75, 3.05) is 0 Å². The summed E-state index contributed by atoms with van der Waals surface area (Å²) in [4.78, 5) is 9.79. The lowest BCUT2D eigenvalue weighted by atomic mass is 10.2. The Bertz CT molecular complexity index is 260. The molecule has 0 atom stereocenters. The normalized spacial score (nSPS) is 9.42. The Hall–Kier alpha value is -1.02. The Balaban J connectivity index is 2.51. The van der Waals surface area contributed by atoms with Gasteiger partial charge in [-0.25, -0.2) is 0 Å². The van der Waals surface area contributed by atoms with Gasteiger partial charge in [-0.2, -0.15) is 0 Å². The first-order valence-corrected chi connectivity index (χ1v) is 3.86. The molecule has 0 aliphatic rings. The van der Waals surface area contributed by atoms with E-state index in [4.69, 9.17) is 11.6 Å². The van der Waals surface area contributed by atoms with E-state index in [0.717, 1.165) is 5.56 Å². The van der Waals surface area contributed by atoms with Gasteiger partial charge >= 0.3 is 0 Å². The molecule has 1 radical (unpaired) electrons. The van der Waals surface area contributed by atoms with Crippen LogP contribution >= 0.6 is 11.6 Å². The summed E-state index contributed by atoms with van der Waals surface area (Å²) >= 11 is 5.84. The van der Waals surface area contributed by atoms with Crippen molar-refractivity contribution in [1.82, 2.24) is 0 Å². The second kappa shape index (κ2) is 4.78. The van der Waals surface area contributed by atoms with E-state index in [-0.39, 0.29) is 0 Å². The number of benzene rings is 1. The standard InChI is InChI=1S/C9H8ClO2/c10-9-4-2-1-3-8(9)5-6-12-7-11/h1-4,6-7H,5H2. The van der Waals surface area contributed by atoms with Gasteiger partial charge in [-0.15, -0.1) is 0 Å². The molecule has 63 valence electrons. The van der Waals surface area contributed by atoms with Gasteiger partial charge in [0.1, 0.15) is 6.61 Å². The first-order valence-electron chi connectivity index (χ1n) is 3.49. The van der Waals surface area contributed by atoms with Gasteiger partial charge in [0, 0.05) is 11.4 Å². The van der Waals surface area contributed by atoms with Gasteiger partial charge in [0.15, 0.2) is 0 Å². The fourth-order valence-electron chi connectivity index (χ4n) is 0.841. The largest absolute Gasteiger partial charge is 0.460 e. The van der Waals surface area contributed by atoms with Gasteiger partial charge in [-0.3, -0.25) is 4.79 Å². The first-order chi connectivity index (χ1) is 5.84. The number of hydrogen-bond acceptors (Lipinski definition) is 2. The van der Waals surface area contributed by atoms with Gasteiger partial charge in [-0.05, 0) is 11.6 Å². The van der Waals surface area contributed by atoms with E-state index in [1.165, 1.54) is 6.61 Å². The Labute approximate surface area is 76.1 Å². The van der Waals surface area contributed by atoms with Gasteiger partial charge in [0.25, 0.3) is 6.47 Å². The van der Waals surface area contributed by atoms with Crippen LogP contribution in [0.4, 0.5) is 0 Å². The summed E-state index contributed by atoms with van der Waals surface area (Å²) in [6.07, 6.45) is 0.540. The Kier molecular flexibility index (Phi) is 3.61. The number of halogens is 1. The molecule has 0 unspecified atom stereocenters. The Morgan fingerprint density at radius 2 is 2.17 bits per heavy atom. The monoisotopic (exact) mass is 183 g/mol. The molecular formula is C9H8ClO2. The molecule has 2 nitrogen and oxygen atoms in total. The van der Waals surface area contributed by atoms with E-state index in [1.54, 1.807) is 6.07 Å². The van der Waals surface area contributed by atoms with E-state index in [1.807, 2.05) is 18.2 Å². The molecule has 1 rings (SSSR count). The van der Waals surface area contributed by atoms with Crippen molar-refractivity contribution in [1.29, 1.82) is 0 Å². The summed E-state index contributed by atoms with van der Waals surface area (Å²) in [6.45, 7) is 1.80. The summed E-state index contributed by atoms with van der Waals surface area (Å²) in [5, 5.41) is 0.684. The second-order valence-electron chi connectivity index (χ2n) is 2.19. The number of ether oxygens (including phenoxy) is 1. The van der Waals surface area contributed by atoms with Gasteiger partial charge < -0.3 is 4.74 Å². The van der Waals surface area contributed by atoms with Crippen LogP contribution in [0.15, 0.2) is 24.3 Å². The fourth-order valence-corrected chi connectivity index (χ4v) is 1.05. The van der Waals surface area contributed by atoms with E-state index in [9.17, 15) is 4.79 Å². The van der Waals surface area contributed by atoms with Crippen LogP contribution in [0.2, 0.25) is 5.02 Å².